The van der Waals surface area contributed by atoms with Gasteiger partial charge in [0, 0.05) is 37.5 Å². The Labute approximate surface area is 213 Å². The lowest BCUT2D eigenvalue weighted by molar-refractivity contribution is -0.131. The molecule has 3 aromatic carbocycles. The predicted molar refractivity (Wildman–Crippen MR) is 132 cm³/mol. The molecule has 0 aliphatic carbocycles. The van der Waals surface area contributed by atoms with Gasteiger partial charge in [-0.3, -0.25) is 15.1 Å². The van der Waals surface area contributed by atoms with Crippen molar-refractivity contribution < 1.29 is 22.8 Å². The van der Waals surface area contributed by atoms with Crippen molar-refractivity contribution in [3.05, 3.63) is 118 Å². The fourth-order valence-corrected chi connectivity index (χ4v) is 4.29. The van der Waals surface area contributed by atoms with Gasteiger partial charge in [0.05, 0.1) is 12.2 Å². The Kier molecular flexibility index (Phi) is 8.60. The number of halogens is 3. The summed E-state index contributed by atoms with van der Waals surface area (Å²) < 4.78 is 40.3. The second kappa shape index (κ2) is 12.2. The molecule has 0 spiro atoms. The summed E-state index contributed by atoms with van der Waals surface area (Å²) in [5.74, 6) is -1.41. The van der Waals surface area contributed by atoms with E-state index in [-0.39, 0.29) is 42.1 Å². The third-order valence-corrected chi connectivity index (χ3v) is 6.35. The number of carbonyl (C=O) groups excluding carboxylic acids is 1. The molecule has 190 valence electrons. The van der Waals surface area contributed by atoms with Gasteiger partial charge in [-0.1, -0.05) is 30.3 Å². The Balaban J connectivity index is 1.30. The molecule has 1 aliphatic rings. The molecule has 5 nitrogen and oxygen atoms in total. The van der Waals surface area contributed by atoms with Crippen molar-refractivity contribution in [1.29, 1.82) is 5.26 Å². The highest BCUT2D eigenvalue weighted by Crippen LogP contribution is 2.30. The van der Waals surface area contributed by atoms with E-state index in [4.69, 9.17) is 10.1 Å². The van der Waals surface area contributed by atoms with E-state index in [0.29, 0.717) is 31.5 Å². The number of nitriles is 1. The van der Waals surface area contributed by atoms with E-state index in [2.05, 4.69) is 5.48 Å². The first kappa shape index (κ1) is 26.0. The molecule has 1 N–H and O–H groups in total. The maximum Gasteiger partial charge on any atom is 0.222 e. The minimum atomic E-state index is -0.569. The fraction of sp³-hybridized carbons (Fsp3) is 0.241. The van der Waals surface area contributed by atoms with Gasteiger partial charge in [0.1, 0.15) is 23.5 Å². The fourth-order valence-electron chi connectivity index (χ4n) is 4.29. The van der Waals surface area contributed by atoms with Crippen LogP contribution in [-0.4, -0.2) is 23.9 Å². The van der Waals surface area contributed by atoms with Crippen molar-refractivity contribution in [2.24, 2.45) is 0 Å². The molecular formula is C29H26F3N3O2. The first-order valence-corrected chi connectivity index (χ1v) is 12.0. The van der Waals surface area contributed by atoms with Crippen molar-refractivity contribution in [3.8, 4) is 6.07 Å². The van der Waals surface area contributed by atoms with Gasteiger partial charge in [-0.2, -0.15) is 5.26 Å². The number of amides is 1. The van der Waals surface area contributed by atoms with Crippen molar-refractivity contribution in [3.63, 3.8) is 0 Å². The predicted octanol–water partition coefficient (Wildman–Crippen LogP) is 5.73. The van der Waals surface area contributed by atoms with Crippen LogP contribution >= 0.6 is 0 Å². The molecule has 1 aliphatic heterocycles. The monoisotopic (exact) mass is 505 g/mol. The molecule has 0 saturated carbocycles. The van der Waals surface area contributed by atoms with Crippen LogP contribution in [0.25, 0.3) is 0 Å². The van der Waals surface area contributed by atoms with Crippen LogP contribution in [0.5, 0.6) is 0 Å². The Morgan fingerprint density at radius 2 is 1.65 bits per heavy atom. The maximum absolute atomic E-state index is 13.4. The molecule has 0 unspecified atom stereocenters. The topological polar surface area (TPSA) is 65.4 Å². The highest BCUT2D eigenvalue weighted by Gasteiger charge is 2.21. The average Bonchev–Trinajstić information content (AvgIpc) is 2.92. The van der Waals surface area contributed by atoms with Crippen molar-refractivity contribution in [2.75, 3.05) is 13.1 Å². The maximum atomic E-state index is 13.4. The van der Waals surface area contributed by atoms with Crippen molar-refractivity contribution in [1.82, 2.24) is 10.4 Å². The Bertz CT molecular complexity index is 1260. The summed E-state index contributed by atoms with van der Waals surface area (Å²) >= 11 is 0. The zero-order valence-electron chi connectivity index (χ0n) is 20.1. The molecule has 1 heterocycles. The molecule has 0 atom stereocenters. The van der Waals surface area contributed by atoms with Crippen LogP contribution in [0.2, 0.25) is 0 Å². The van der Waals surface area contributed by atoms with Gasteiger partial charge < -0.3 is 4.90 Å². The van der Waals surface area contributed by atoms with E-state index in [9.17, 15) is 18.0 Å². The molecular weight excluding hydrogens is 479 g/mol. The molecule has 0 radical (unpaired) electrons. The Hall–Kier alpha value is -4.09. The zero-order chi connectivity index (χ0) is 26.2. The van der Waals surface area contributed by atoms with E-state index in [1.807, 2.05) is 6.08 Å². The minimum Gasteiger partial charge on any atom is -0.339 e. The minimum absolute atomic E-state index is 0.000729. The zero-order valence-corrected chi connectivity index (χ0v) is 20.1. The molecule has 0 bridgehead atoms. The summed E-state index contributed by atoms with van der Waals surface area (Å²) in [7, 11) is 0. The van der Waals surface area contributed by atoms with Gasteiger partial charge in [0.25, 0.3) is 0 Å². The van der Waals surface area contributed by atoms with Crippen LogP contribution < -0.4 is 5.48 Å². The summed E-state index contributed by atoms with van der Waals surface area (Å²) in [6.45, 7) is 1.11. The lowest BCUT2D eigenvalue weighted by Gasteiger charge is -2.27. The summed E-state index contributed by atoms with van der Waals surface area (Å²) in [5, 5.41) is 8.93. The van der Waals surface area contributed by atoms with Crippen LogP contribution in [0.15, 0.2) is 78.5 Å². The van der Waals surface area contributed by atoms with Crippen LogP contribution in [-0.2, 0) is 16.2 Å². The number of carbonyl (C=O) groups is 1. The second-order valence-corrected chi connectivity index (χ2v) is 8.83. The number of rotatable bonds is 9. The molecule has 0 aromatic heterocycles. The lowest BCUT2D eigenvalue weighted by atomic mass is 9.87. The first-order chi connectivity index (χ1) is 17.9. The summed E-state index contributed by atoms with van der Waals surface area (Å²) in [4.78, 5) is 20.2. The van der Waals surface area contributed by atoms with E-state index in [1.54, 1.807) is 41.3 Å². The number of nitrogens with one attached hydrogen (secondary N) is 1. The van der Waals surface area contributed by atoms with Gasteiger partial charge >= 0.3 is 0 Å². The lowest BCUT2D eigenvalue weighted by Crippen LogP contribution is -2.36. The summed E-state index contributed by atoms with van der Waals surface area (Å²) in [6, 6.07) is 18.4. The van der Waals surface area contributed by atoms with Crippen LogP contribution in [0, 0.1) is 28.8 Å². The van der Waals surface area contributed by atoms with Crippen molar-refractivity contribution in [2.45, 2.75) is 31.8 Å². The second-order valence-electron chi connectivity index (χ2n) is 8.83. The highest BCUT2D eigenvalue weighted by molar-refractivity contribution is 5.76. The number of hydrogen-bond acceptors (Lipinski definition) is 4. The van der Waals surface area contributed by atoms with E-state index in [1.165, 1.54) is 36.4 Å². The quantitative estimate of drug-likeness (QED) is 0.378. The number of hydrogen-bond donors (Lipinski definition) is 1. The normalized spacial score (nSPS) is 13.3. The van der Waals surface area contributed by atoms with Crippen LogP contribution in [0.1, 0.15) is 47.4 Å². The van der Waals surface area contributed by atoms with E-state index in [0.717, 1.165) is 16.8 Å². The molecule has 0 fully saturated rings. The smallest absolute Gasteiger partial charge is 0.222 e. The Morgan fingerprint density at radius 3 is 2.22 bits per heavy atom. The first-order valence-electron chi connectivity index (χ1n) is 12.0. The van der Waals surface area contributed by atoms with Gasteiger partial charge in [0.2, 0.25) is 5.91 Å². The number of nitrogens with zero attached hydrogens (tertiary/aromatic N) is 2. The number of hydroxylamine groups is 1. The molecule has 37 heavy (non-hydrogen) atoms. The molecule has 4 rings (SSSR count). The van der Waals surface area contributed by atoms with Crippen LogP contribution in [0.3, 0.4) is 0 Å². The van der Waals surface area contributed by atoms with E-state index < -0.39 is 5.82 Å². The van der Waals surface area contributed by atoms with Crippen LogP contribution in [0.4, 0.5) is 13.2 Å². The number of benzene rings is 3. The standard InChI is InChI=1S/C29H26F3N3O2/c30-24-6-2-21(3-7-24)27(22-4-8-25(31)9-5-22)10-12-29(36)35-15-13-26(14-16-35)34-37-19-20-1-11-28(32)23(17-20)18-33/h1-9,11,13,17,27,34H,10,12,14-16,19H2. The summed E-state index contributed by atoms with van der Waals surface area (Å²) in [6.07, 6.45) is 3.26. The van der Waals surface area contributed by atoms with Gasteiger partial charge in [-0.15, -0.1) is 0 Å². The SMILES string of the molecule is N#Cc1cc(CONC2=CCN(C(=O)CCC(c3ccc(F)cc3)c3ccc(F)cc3)CC2)ccc1F. The van der Waals surface area contributed by atoms with E-state index >= 15 is 0 Å². The highest BCUT2D eigenvalue weighted by atomic mass is 19.1. The third kappa shape index (κ3) is 6.99. The molecule has 1 amide bonds. The largest absolute Gasteiger partial charge is 0.339 e. The Morgan fingerprint density at radius 1 is 1.00 bits per heavy atom. The summed E-state index contributed by atoms with van der Waals surface area (Å²) in [5.41, 5.74) is 6.07. The molecule has 8 heteroatoms. The molecule has 0 saturated heterocycles. The van der Waals surface area contributed by atoms with Gasteiger partial charge in [-0.05, 0) is 65.6 Å². The third-order valence-electron chi connectivity index (χ3n) is 6.35. The molecule has 3 aromatic rings. The van der Waals surface area contributed by atoms with Gasteiger partial charge in [-0.25, -0.2) is 13.2 Å². The average molecular weight is 506 g/mol. The van der Waals surface area contributed by atoms with Gasteiger partial charge in [0.15, 0.2) is 0 Å². The van der Waals surface area contributed by atoms with Crippen molar-refractivity contribution >= 4 is 5.91 Å².